The molecule has 2 aromatic heterocycles. The van der Waals surface area contributed by atoms with Gasteiger partial charge in [-0.1, -0.05) is 81.1 Å². The van der Waals surface area contributed by atoms with Crippen LogP contribution in [0.4, 0.5) is 0 Å². The molecule has 1 aliphatic rings. The van der Waals surface area contributed by atoms with Crippen LogP contribution in [0.25, 0.3) is 22.5 Å². The van der Waals surface area contributed by atoms with Gasteiger partial charge in [-0.15, -0.1) is 5.10 Å². The molecule has 2 aromatic carbocycles. The Morgan fingerprint density at radius 1 is 1.06 bits per heavy atom. The Bertz CT molecular complexity index is 1270. The monoisotopic (exact) mass is 483 g/mol. The Kier molecular flexibility index (Phi) is 7.50. The van der Waals surface area contributed by atoms with Gasteiger partial charge in [-0.05, 0) is 58.9 Å². The van der Waals surface area contributed by atoms with Gasteiger partial charge in [0, 0.05) is 17.3 Å². The van der Waals surface area contributed by atoms with Gasteiger partial charge in [0.05, 0.1) is 6.54 Å². The summed E-state index contributed by atoms with van der Waals surface area (Å²) in [5, 5.41) is 22.3. The number of carbonyl (C=O) groups excluding carboxylic acids is 1. The van der Waals surface area contributed by atoms with Crippen molar-refractivity contribution < 1.29 is 4.79 Å². The first-order chi connectivity index (χ1) is 17.7. The van der Waals surface area contributed by atoms with Crippen molar-refractivity contribution in [2.24, 2.45) is 0 Å². The quantitative estimate of drug-likeness (QED) is 0.341. The van der Waals surface area contributed by atoms with Crippen LogP contribution in [0.2, 0.25) is 0 Å². The Morgan fingerprint density at radius 2 is 1.83 bits per heavy atom. The van der Waals surface area contributed by atoms with Crippen LogP contribution in [0.15, 0.2) is 54.6 Å². The summed E-state index contributed by atoms with van der Waals surface area (Å²) in [7, 11) is 0. The van der Waals surface area contributed by atoms with Crippen LogP contribution in [-0.4, -0.2) is 42.4 Å². The van der Waals surface area contributed by atoms with E-state index in [1.165, 1.54) is 19.3 Å². The van der Waals surface area contributed by atoms with E-state index in [-0.39, 0.29) is 11.9 Å². The van der Waals surface area contributed by atoms with Crippen molar-refractivity contribution in [2.45, 2.75) is 70.9 Å². The molecule has 2 heterocycles. The Hall–Kier alpha value is -3.81. The van der Waals surface area contributed by atoms with Crippen molar-refractivity contribution in [3.63, 3.8) is 0 Å². The second kappa shape index (κ2) is 11.3. The number of nitrogens with zero attached hydrogens (tertiary/aromatic N) is 5. The average Bonchev–Trinajstić information content (AvgIpc) is 3.59. The number of H-pyrrole nitrogens is 1. The normalized spacial score (nSPS) is 14.1. The third-order valence-corrected chi connectivity index (χ3v) is 6.95. The zero-order chi connectivity index (χ0) is 24.7. The van der Waals surface area contributed by atoms with E-state index in [4.69, 9.17) is 5.10 Å². The van der Waals surface area contributed by atoms with E-state index in [2.05, 4.69) is 63.2 Å². The standard InChI is InChI=1S/C28H33N7O/c1-2-3-11-23-18-26(28(36)29-22-9-5-4-6-10-22)32-35(23)19-20-14-16-21(17-15-20)24-12-7-8-13-25(24)27-30-33-34-31-27/h7-8,12-18,22H,2-6,9-11,19H2,1H3,(H,29,36)(H,30,31,33,34). The molecule has 4 aromatic rings. The van der Waals surface area contributed by atoms with Gasteiger partial charge in [-0.25, -0.2) is 5.10 Å². The highest BCUT2D eigenvalue weighted by molar-refractivity contribution is 5.92. The number of nitrogens with one attached hydrogen (secondary N) is 2. The maximum absolute atomic E-state index is 12.9. The van der Waals surface area contributed by atoms with Crippen molar-refractivity contribution in [1.82, 2.24) is 35.7 Å². The number of tetrazole rings is 1. The lowest BCUT2D eigenvalue weighted by molar-refractivity contribution is 0.0922. The van der Waals surface area contributed by atoms with Crippen molar-refractivity contribution in [3.8, 4) is 22.5 Å². The van der Waals surface area contributed by atoms with Crippen molar-refractivity contribution in [3.05, 3.63) is 71.5 Å². The highest BCUT2D eigenvalue weighted by Gasteiger charge is 2.20. The molecule has 8 nitrogen and oxygen atoms in total. The van der Waals surface area contributed by atoms with Crippen molar-refractivity contribution in [1.29, 1.82) is 0 Å². The summed E-state index contributed by atoms with van der Waals surface area (Å²) in [5.74, 6) is 0.595. The molecule has 0 spiro atoms. The van der Waals surface area contributed by atoms with Gasteiger partial charge in [-0.2, -0.15) is 5.10 Å². The zero-order valence-electron chi connectivity index (χ0n) is 20.8. The molecule has 36 heavy (non-hydrogen) atoms. The van der Waals surface area contributed by atoms with E-state index in [0.29, 0.717) is 18.1 Å². The number of hydrogen-bond acceptors (Lipinski definition) is 5. The molecule has 0 atom stereocenters. The first kappa shape index (κ1) is 23.9. The van der Waals surface area contributed by atoms with Crippen LogP contribution in [-0.2, 0) is 13.0 Å². The van der Waals surface area contributed by atoms with Crippen LogP contribution in [0, 0.1) is 0 Å². The molecular weight excluding hydrogens is 450 g/mol. The Morgan fingerprint density at radius 3 is 2.56 bits per heavy atom. The fourth-order valence-electron chi connectivity index (χ4n) is 4.95. The highest BCUT2D eigenvalue weighted by Crippen LogP contribution is 2.30. The molecule has 1 fully saturated rings. The molecule has 0 radical (unpaired) electrons. The Labute approximate surface area is 211 Å². The number of aromatic nitrogens is 6. The van der Waals surface area contributed by atoms with E-state index in [9.17, 15) is 4.79 Å². The lowest BCUT2D eigenvalue weighted by atomic mass is 9.95. The van der Waals surface area contributed by atoms with Gasteiger partial charge in [-0.3, -0.25) is 9.48 Å². The van der Waals surface area contributed by atoms with E-state index >= 15 is 0 Å². The number of benzene rings is 2. The van der Waals surface area contributed by atoms with Gasteiger partial charge in [0.25, 0.3) is 5.91 Å². The third kappa shape index (κ3) is 5.53. The lowest BCUT2D eigenvalue weighted by Gasteiger charge is -2.22. The molecule has 2 N–H and O–H groups in total. The second-order valence-corrected chi connectivity index (χ2v) is 9.58. The summed E-state index contributed by atoms with van der Waals surface area (Å²) in [4.78, 5) is 12.9. The fraction of sp³-hybridized carbons (Fsp3) is 0.393. The molecule has 0 aliphatic heterocycles. The summed E-state index contributed by atoms with van der Waals surface area (Å²) in [6, 6.07) is 18.8. The zero-order valence-corrected chi connectivity index (χ0v) is 20.8. The maximum Gasteiger partial charge on any atom is 0.272 e. The second-order valence-electron chi connectivity index (χ2n) is 9.58. The lowest BCUT2D eigenvalue weighted by Crippen LogP contribution is -2.36. The van der Waals surface area contributed by atoms with E-state index in [1.54, 1.807) is 0 Å². The van der Waals surface area contributed by atoms with Crippen molar-refractivity contribution >= 4 is 5.91 Å². The number of rotatable bonds is 9. The number of carbonyl (C=O) groups is 1. The number of aromatic amines is 1. The summed E-state index contributed by atoms with van der Waals surface area (Å²) in [6.45, 7) is 2.81. The minimum absolute atomic E-state index is 0.0488. The summed E-state index contributed by atoms with van der Waals surface area (Å²) in [5.41, 5.74) is 5.88. The topological polar surface area (TPSA) is 101 Å². The van der Waals surface area contributed by atoms with E-state index in [1.807, 2.05) is 28.9 Å². The van der Waals surface area contributed by atoms with Gasteiger partial charge in [0.2, 0.25) is 0 Å². The highest BCUT2D eigenvalue weighted by atomic mass is 16.2. The van der Waals surface area contributed by atoms with Gasteiger partial charge >= 0.3 is 0 Å². The van der Waals surface area contributed by atoms with Crippen LogP contribution in [0.5, 0.6) is 0 Å². The van der Waals surface area contributed by atoms with Crippen molar-refractivity contribution in [2.75, 3.05) is 0 Å². The fourth-order valence-corrected chi connectivity index (χ4v) is 4.95. The van der Waals surface area contributed by atoms with Gasteiger partial charge in [0.15, 0.2) is 5.82 Å². The number of hydrogen-bond donors (Lipinski definition) is 2. The predicted octanol–water partition coefficient (Wildman–Crippen LogP) is 5.18. The predicted molar refractivity (Wildman–Crippen MR) is 139 cm³/mol. The SMILES string of the molecule is CCCCc1cc(C(=O)NC2CCCCC2)nn1Cc1ccc(-c2ccccc2-c2nnn[nH]2)cc1. The molecule has 0 bridgehead atoms. The maximum atomic E-state index is 12.9. The minimum Gasteiger partial charge on any atom is -0.348 e. The number of amides is 1. The average molecular weight is 484 g/mol. The molecule has 5 rings (SSSR count). The number of aryl methyl sites for hydroxylation is 1. The van der Waals surface area contributed by atoms with Gasteiger partial charge in [0.1, 0.15) is 5.69 Å². The summed E-state index contributed by atoms with van der Waals surface area (Å²) < 4.78 is 1.99. The Balaban J connectivity index is 1.34. The molecule has 186 valence electrons. The van der Waals surface area contributed by atoms with Crippen LogP contribution >= 0.6 is 0 Å². The largest absolute Gasteiger partial charge is 0.348 e. The molecular formula is C28H33N7O. The molecule has 0 unspecified atom stereocenters. The molecule has 1 aliphatic carbocycles. The summed E-state index contributed by atoms with van der Waals surface area (Å²) in [6.07, 6.45) is 8.87. The van der Waals surface area contributed by atoms with Crippen LogP contribution in [0.1, 0.15) is 73.6 Å². The first-order valence-electron chi connectivity index (χ1n) is 13.0. The van der Waals surface area contributed by atoms with Crippen LogP contribution in [0.3, 0.4) is 0 Å². The first-order valence-corrected chi connectivity index (χ1v) is 13.0. The molecule has 1 amide bonds. The van der Waals surface area contributed by atoms with E-state index in [0.717, 1.165) is 60.1 Å². The smallest absolute Gasteiger partial charge is 0.272 e. The molecule has 1 saturated carbocycles. The van der Waals surface area contributed by atoms with Gasteiger partial charge < -0.3 is 5.32 Å². The minimum atomic E-state index is -0.0488. The molecule has 8 heteroatoms. The number of unbranched alkanes of at least 4 members (excludes halogenated alkanes) is 1. The van der Waals surface area contributed by atoms with Crippen LogP contribution < -0.4 is 5.32 Å². The van der Waals surface area contributed by atoms with E-state index < -0.39 is 0 Å². The third-order valence-electron chi connectivity index (χ3n) is 6.95. The molecule has 0 saturated heterocycles. The summed E-state index contributed by atoms with van der Waals surface area (Å²) >= 11 is 0.